The number of aryl methyl sites for hydroxylation is 2. The second kappa shape index (κ2) is 5.53. The summed E-state index contributed by atoms with van der Waals surface area (Å²) < 4.78 is 13.1. The number of benzene rings is 2. The SMILES string of the molecule is Cc1ccc2c(c1)SC(C(=O)Nc1ccc(F)cc1C)C2. The molecule has 2 aromatic carbocycles. The number of hydrogen-bond donors (Lipinski definition) is 1. The van der Waals surface area contributed by atoms with Gasteiger partial charge in [-0.1, -0.05) is 17.7 Å². The Labute approximate surface area is 127 Å². The van der Waals surface area contributed by atoms with Gasteiger partial charge in [-0.15, -0.1) is 11.8 Å². The quantitative estimate of drug-likeness (QED) is 0.905. The third-order valence-corrected chi connectivity index (χ3v) is 4.94. The molecule has 0 fully saturated rings. The summed E-state index contributed by atoms with van der Waals surface area (Å²) in [5, 5.41) is 2.78. The normalized spacial score (nSPS) is 16.6. The Hall–Kier alpha value is -1.81. The standard InChI is InChI=1S/C17H16FNOS/c1-10-3-4-12-9-16(21-15(12)7-10)17(20)19-14-6-5-13(18)8-11(14)2/h3-8,16H,9H2,1-2H3,(H,19,20). The summed E-state index contributed by atoms with van der Waals surface area (Å²) in [5.41, 5.74) is 3.84. The highest BCUT2D eigenvalue weighted by molar-refractivity contribution is 8.01. The van der Waals surface area contributed by atoms with Crippen LogP contribution in [0.1, 0.15) is 16.7 Å². The lowest BCUT2D eigenvalue weighted by Crippen LogP contribution is -2.25. The number of carbonyl (C=O) groups excluding carboxylic acids is 1. The molecule has 0 saturated heterocycles. The maximum Gasteiger partial charge on any atom is 0.238 e. The molecular weight excluding hydrogens is 285 g/mol. The third kappa shape index (κ3) is 2.95. The van der Waals surface area contributed by atoms with Crippen LogP contribution in [-0.2, 0) is 11.2 Å². The van der Waals surface area contributed by atoms with Gasteiger partial charge in [0.25, 0.3) is 0 Å². The Morgan fingerprint density at radius 3 is 2.81 bits per heavy atom. The molecule has 21 heavy (non-hydrogen) atoms. The van der Waals surface area contributed by atoms with Gasteiger partial charge in [0.1, 0.15) is 5.82 Å². The van der Waals surface area contributed by atoms with Gasteiger partial charge in [-0.25, -0.2) is 4.39 Å². The zero-order chi connectivity index (χ0) is 15.0. The molecule has 0 aliphatic carbocycles. The van der Waals surface area contributed by atoms with Crippen LogP contribution in [0.15, 0.2) is 41.3 Å². The third-order valence-electron chi connectivity index (χ3n) is 3.64. The number of nitrogens with one attached hydrogen (secondary N) is 1. The van der Waals surface area contributed by atoms with Crippen LogP contribution in [0.25, 0.3) is 0 Å². The van der Waals surface area contributed by atoms with Crippen LogP contribution in [0.3, 0.4) is 0 Å². The van der Waals surface area contributed by atoms with Gasteiger partial charge in [0.15, 0.2) is 0 Å². The first-order valence-corrected chi connectivity index (χ1v) is 7.74. The van der Waals surface area contributed by atoms with Crippen molar-refractivity contribution in [3.63, 3.8) is 0 Å². The van der Waals surface area contributed by atoms with Gasteiger partial charge >= 0.3 is 0 Å². The number of amides is 1. The first kappa shape index (κ1) is 14.1. The number of thioether (sulfide) groups is 1. The zero-order valence-electron chi connectivity index (χ0n) is 11.9. The number of rotatable bonds is 2. The van der Waals surface area contributed by atoms with Crippen molar-refractivity contribution in [3.8, 4) is 0 Å². The Bertz CT molecular complexity index is 714. The van der Waals surface area contributed by atoms with E-state index >= 15 is 0 Å². The molecule has 1 amide bonds. The molecule has 1 N–H and O–H groups in total. The fourth-order valence-electron chi connectivity index (χ4n) is 2.46. The van der Waals surface area contributed by atoms with E-state index in [0.717, 1.165) is 12.0 Å². The number of halogens is 1. The van der Waals surface area contributed by atoms with E-state index in [-0.39, 0.29) is 17.0 Å². The van der Waals surface area contributed by atoms with Crippen molar-refractivity contribution in [2.24, 2.45) is 0 Å². The van der Waals surface area contributed by atoms with E-state index in [2.05, 4.69) is 30.4 Å². The first-order chi connectivity index (χ1) is 10.0. The Kier molecular flexibility index (Phi) is 3.72. The molecule has 3 rings (SSSR count). The van der Waals surface area contributed by atoms with E-state index in [4.69, 9.17) is 0 Å². The van der Waals surface area contributed by atoms with Crippen molar-refractivity contribution in [2.75, 3.05) is 5.32 Å². The number of fused-ring (bicyclic) bond motifs is 1. The van der Waals surface area contributed by atoms with Crippen LogP contribution in [0, 0.1) is 19.7 Å². The Morgan fingerprint density at radius 2 is 2.05 bits per heavy atom. The highest BCUT2D eigenvalue weighted by Crippen LogP contribution is 2.38. The van der Waals surface area contributed by atoms with Crippen molar-refractivity contribution >= 4 is 23.4 Å². The summed E-state index contributed by atoms with van der Waals surface area (Å²) in [6, 6.07) is 10.7. The zero-order valence-corrected chi connectivity index (χ0v) is 12.8. The Morgan fingerprint density at radius 1 is 1.24 bits per heavy atom. The first-order valence-electron chi connectivity index (χ1n) is 6.86. The topological polar surface area (TPSA) is 29.1 Å². The van der Waals surface area contributed by atoms with E-state index in [0.29, 0.717) is 5.69 Å². The molecule has 1 aliphatic rings. The van der Waals surface area contributed by atoms with E-state index in [9.17, 15) is 9.18 Å². The van der Waals surface area contributed by atoms with Crippen LogP contribution in [0.4, 0.5) is 10.1 Å². The highest BCUT2D eigenvalue weighted by atomic mass is 32.2. The maximum absolute atomic E-state index is 13.1. The average Bonchev–Trinajstić information content (AvgIpc) is 2.85. The summed E-state index contributed by atoms with van der Waals surface area (Å²) in [5.74, 6) is -0.313. The van der Waals surface area contributed by atoms with E-state index in [1.807, 2.05) is 0 Å². The second-order valence-corrected chi connectivity index (χ2v) is 6.61. The summed E-state index contributed by atoms with van der Waals surface area (Å²) in [6.07, 6.45) is 0.742. The minimum Gasteiger partial charge on any atom is -0.325 e. The minimum absolute atomic E-state index is 0.0245. The molecule has 0 saturated carbocycles. The Balaban J connectivity index is 1.73. The lowest BCUT2D eigenvalue weighted by atomic mass is 10.1. The predicted molar refractivity (Wildman–Crippen MR) is 84.3 cm³/mol. The summed E-state index contributed by atoms with van der Waals surface area (Å²) >= 11 is 1.60. The number of carbonyl (C=O) groups is 1. The lowest BCUT2D eigenvalue weighted by molar-refractivity contribution is -0.115. The van der Waals surface area contributed by atoms with Crippen molar-refractivity contribution < 1.29 is 9.18 Å². The largest absolute Gasteiger partial charge is 0.325 e. The molecule has 1 heterocycles. The highest BCUT2D eigenvalue weighted by Gasteiger charge is 2.28. The summed E-state index contributed by atoms with van der Waals surface area (Å²) in [4.78, 5) is 13.6. The fraction of sp³-hybridized carbons (Fsp3) is 0.235. The van der Waals surface area contributed by atoms with Gasteiger partial charge in [-0.05, 0) is 55.7 Å². The van der Waals surface area contributed by atoms with Gasteiger partial charge in [-0.3, -0.25) is 4.79 Å². The van der Waals surface area contributed by atoms with Crippen molar-refractivity contribution in [1.29, 1.82) is 0 Å². The number of hydrogen-bond acceptors (Lipinski definition) is 2. The van der Waals surface area contributed by atoms with Crippen molar-refractivity contribution in [2.45, 2.75) is 30.4 Å². The molecule has 4 heteroatoms. The minimum atomic E-state index is -0.288. The number of anilines is 1. The smallest absolute Gasteiger partial charge is 0.238 e. The van der Waals surface area contributed by atoms with E-state index < -0.39 is 0 Å². The molecule has 0 radical (unpaired) electrons. The molecule has 1 aliphatic heterocycles. The van der Waals surface area contributed by atoms with Crippen LogP contribution in [-0.4, -0.2) is 11.2 Å². The average molecular weight is 301 g/mol. The fourth-order valence-corrected chi connectivity index (χ4v) is 3.75. The van der Waals surface area contributed by atoms with Gasteiger partial charge in [0, 0.05) is 10.6 Å². The van der Waals surface area contributed by atoms with Gasteiger partial charge < -0.3 is 5.32 Å². The molecule has 2 aromatic rings. The van der Waals surface area contributed by atoms with Crippen LogP contribution < -0.4 is 5.32 Å². The van der Waals surface area contributed by atoms with Crippen LogP contribution in [0.2, 0.25) is 0 Å². The predicted octanol–water partition coefficient (Wildman–Crippen LogP) is 4.10. The lowest BCUT2D eigenvalue weighted by Gasteiger charge is -2.12. The second-order valence-electron chi connectivity index (χ2n) is 5.37. The molecule has 0 aromatic heterocycles. The van der Waals surface area contributed by atoms with E-state index in [1.54, 1.807) is 24.8 Å². The molecule has 0 spiro atoms. The van der Waals surface area contributed by atoms with Gasteiger partial charge in [0.05, 0.1) is 5.25 Å². The summed E-state index contributed by atoms with van der Waals surface area (Å²) in [7, 11) is 0. The monoisotopic (exact) mass is 301 g/mol. The molecule has 0 bridgehead atoms. The van der Waals surface area contributed by atoms with Gasteiger partial charge in [-0.2, -0.15) is 0 Å². The molecule has 1 atom stereocenters. The van der Waals surface area contributed by atoms with E-state index in [1.165, 1.54) is 28.2 Å². The molecule has 108 valence electrons. The molecule has 1 unspecified atom stereocenters. The van der Waals surface area contributed by atoms with Crippen LogP contribution in [0.5, 0.6) is 0 Å². The van der Waals surface area contributed by atoms with Gasteiger partial charge in [0.2, 0.25) is 5.91 Å². The molecular formula is C17H16FNOS. The van der Waals surface area contributed by atoms with Crippen molar-refractivity contribution in [1.82, 2.24) is 0 Å². The van der Waals surface area contributed by atoms with Crippen LogP contribution >= 0.6 is 11.8 Å². The maximum atomic E-state index is 13.1. The molecule has 2 nitrogen and oxygen atoms in total. The van der Waals surface area contributed by atoms with Crippen molar-refractivity contribution in [3.05, 3.63) is 58.9 Å². The summed E-state index contributed by atoms with van der Waals surface area (Å²) in [6.45, 7) is 3.84.